The number of nitrogens with zero attached hydrogens (tertiary/aromatic N) is 4. The Hall–Kier alpha value is -3.63. The summed E-state index contributed by atoms with van der Waals surface area (Å²) in [5.74, 6) is 0.398. The Morgan fingerprint density at radius 2 is 1.73 bits per heavy atom. The molecule has 0 fully saturated rings. The largest absolute Gasteiger partial charge is 0.326 e. The van der Waals surface area contributed by atoms with Crippen LogP contribution in [0.1, 0.15) is 12.5 Å². The highest BCUT2D eigenvalue weighted by molar-refractivity contribution is 7.98. The highest BCUT2D eigenvalue weighted by atomic mass is 32.2. The van der Waals surface area contributed by atoms with Crippen molar-refractivity contribution >= 4 is 34.3 Å². The van der Waals surface area contributed by atoms with E-state index < -0.39 is 0 Å². The van der Waals surface area contributed by atoms with Gasteiger partial charge in [-0.05, 0) is 25.3 Å². The van der Waals surface area contributed by atoms with Crippen LogP contribution in [-0.2, 0) is 6.54 Å². The lowest BCUT2D eigenvalue weighted by Gasteiger charge is -2.16. The van der Waals surface area contributed by atoms with Crippen molar-refractivity contribution in [2.75, 3.05) is 11.6 Å². The molecule has 4 aromatic rings. The van der Waals surface area contributed by atoms with Crippen LogP contribution in [0, 0.1) is 11.3 Å². The van der Waals surface area contributed by atoms with Gasteiger partial charge >= 0.3 is 0 Å². The molecule has 0 atom stereocenters. The molecule has 1 N–H and O–H groups in total. The molecule has 0 unspecified atom stereocenters. The summed E-state index contributed by atoms with van der Waals surface area (Å²) >= 11 is 1.37. The Labute approximate surface area is 178 Å². The molecule has 2 heterocycles. The van der Waals surface area contributed by atoms with E-state index in [1.54, 1.807) is 4.57 Å². The summed E-state index contributed by atoms with van der Waals surface area (Å²) in [5.41, 5.74) is 2.62. The number of nitrogens with one attached hydrogen (secondary N) is 1. The van der Waals surface area contributed by atoms with Gasteiger partial charge in [0.15, 0.2) is 0 Å². The smallest absolute Gasteiger partial charge is 0.265 e. The van der Waals surface area contributed by atoms with Crippen LogP contribution in [0.15, 0.2) is 70.5 Å². The summed E-state index contributed by atoms with van der Waals surface area (Å²) in [6, 6.07) is 21.3. The second kappa shape index (κ2) is 8.39. The number of benzene rings is 2. The highest BCUT2D eigenvalue weighted by Gasteiger charge is 2.21. The van der Waals surface area contributed by atoms with Gasteiger partial charge in [-0.25, -0.2) is 9.97 Å². The maximum Gasteiger partial charge on any atom is 0.265 e. The van der Waals surface area contributed by atoms with Gasteiger partial charge in [0.25, 0.3) is 5.56 Å². The lowest BCUT2D eigenvalue weighted by Crippen LogP contribution is -2.25. The molecular formula is C23H19N5OS. The Bertz CT molecular complexity index is 1310. The van der Waals surface area contributed by atoms with Gasteiger partial charge in [0.1, 0.15) is 22.2 Å². The third-order valence-corrected chi connectivity index (χ3v) is 5.45. The third-order valence-electron chi connectivity index (χ3n) is 4.77. The van der Waals surface area contributed by atoms with E-state index >= 15 is 0 Å². The van der Waals surface area contributed by atoms with Crippen LogP contribution in [0.3, 0.4) is 0 Å². The van der Waals surface area contributed by atoms with Crippen molar-refractivity contribution in [1.29, 1.82) is 5.26 Å². The molecule has 0 radical (unpaired) electrons. The lowest BCUT2D eigenvalue weighted by atomic mass is 10.1. The Morgan fingerprint density at radius 1 is 1.07 bits per heavy atom. The Balaban J connectivity index is 2.09. The van der Waals surface area contributed by atoms with Gasteiger partial charge < -0.3 is 5.32 Å². The lowest BCUT2D eigenvalue weighted by molar-refractivity contribution is 0.728. The average molecular weight is 414 g/mol. The maximum atomic E-state index is 13.6. The molecule has 148 valence electrons. The van der Waals surface area contributed by atoms with E-state index in [-0.39, 0.29) is 5.56 Å². The van der Waals surface area contributed by atoms with Gasteiger partial charge in [0, 0.05) is 17.8 Å². The number of anilines is 2. The van der Waals surface area contributed by atoms with Crippen molar-refractivity contribution in [1.82, 2.24) is 14.5 Å². The molecule has 0 saturated heterocycles. The molecule has 0 aliphatic carbocycles. The zero-order valence-corrected chi connectivity index (χ0v) is 17.4. The minimum absolute atomic E-state index is 0.226. The van der Waals surface area contributed by atoms with E-state index in [9.17, 15) is 10.1 Å². The van der Waals surface area contributed by atoms with Gasteiger partial charge in [0.05, 0.1) is 11.1 Å². The van der Waals surface area contributed by atoms with Crippen molar-refractivity contribution in [3.8, 4) is 17.3 Å². The average Bonchev–Trinajstić information content (AvgIpc) is 2.79. The van der Waals surface area contributed by atoms with Crippen LogP contribution < -0.4 is 10.9 Å². The number of fused-ring (bicyclic) bond motifs is 1. The minimum Gasteiger partial charge on any atom is -0.326 e. The van der Waals surface area contributed by atoms with Gasteiger partial charge in [-0.3, -0.25) is 9.36 Å². The van der Waals surface area contributed by atoms with Crippen LogP contribution in [-0.4, -0.2) is 20.8 Å². The number of hydrogen-bond donors (Lipinski definition) is 1. The molecular weight excluding hydrogens is 394 g/mol. The number of para-hydroxylation sites is 1. The summed E-state index contributed by atoms with van der Waals surface area (Å²) < 4.78 is 1.57. The van der Waals surface area contributed by atoms with E-state index in [0.29, 0.717) is 39.7 Å². The molecule has 0 aliphatic rings. The van der Waals surface area contributed by atoms with Crippen LogP contribution in [0.25, 0.3) is 22.2 Å². The van der Waals surface area contributed by atoms with Gasteiger partial charge in [-0.2, -0.15) is 5.26 Å². The normalized spacial score (nSPS) is 10.7. The molecule has 30 heavy (non-hydrogen) atoms. The maximum absolute atomic E-state index is 13.6. The monoisotopic (exact) mass is 413 g/mol. The molecule has 0 amide bonds. The van der Waals surface area contributed by atoms with Crippen molar-refractivity contribution in [2.45, 2.75) is 18.5 Å². The van der Waals surface area contributed by atoms with Crippen molar-refractivity contribution in [3.63, 3.8) is 0 Å². The van der Waals surface area contributed by atoms with Gasteiger partial charge in [-0.1, -0.05) is 48.5 Å². The van der Waals surface area contributed by atoms with Crippen molar-refractivity contribution in [3.05, 3.63) is 76.6 Å². The SMILES string of the molecule is CCn1c(Nc2ccccc2)nc2c(C#N)c(SC)nc(-c3ccccc3)c2c1=O. The number of nitriles is 1. The predicted octanol–water partition coefficient (Wildman–Crippen LogP) is 4.82. The summed E-state index contributed by atoms with van der Waals surface area (Å²) in [7, 11) is 0. The van der Waals surface area contributed by atoms with Crippen LogP contribution >= 0.6 is 11.8 Å². The van der Waals surface area contributed by atoms with Crippen LogP contribution in [0.5, 0.6) is 0 Å². The van der Waals surface area contributed by atoms with Gasteiger partial charge in [-0.15, -0.1) is 11.8 Å². The minimum atomic E-state index is -0.226. The molecule has 4 rings (SSSR count). The summed E-state index contributed by atoms with van der Waals surface area (Å²) in [5, 5.41) is 14.0. The second-order valence-corrected chi connectivity index (χ2v) is 7.32. The first kappa shape index (κ1) is 19.7. The first-order chi connectivity index (χ1) is 14.7. The fourth-order valence-corrected chi connectivity index (χ4v) is 3.89. The summed E-state index contributed by atoms with van der Waals surface area (Å²) in [4.78, 5) is 23.0. The molecule has 6 nitrogen and oxygen atoms in total. The molecule has 2 aromatic heterocycles. The first-order valence-electron chi connectivity index (χ1n) is 9.48. The zero-order chi connectivity index (χ0) is 21.1. The number of aromatic nitrogens is 3. The van der Waals surface area contributed by atoms with E-state index in [4.69, 9.17) is 4.98 Å². The zero-order valence-electron chi connectivity index (χ0n) is 16.6. The van der Waals surface area contributed by atoms with E-state index in [1.165, 1.54) is 11.8 Å². The number of rotatable bonds is 5. The number of pyridine rings is 1. The van der Waals surface area contributed by atoms with Crippen LogP contribution in [0.4, 0.5) is 11.6 Å². The Morgan fingerprint density at radius 3 is 2.33 bits per heavy atom. The van der Waals surface area contributed by atoms with E-state index in [1.807, 2.05) is 73.8 Å². The van der Waals surface area contributed by atoms with Crippen molar-refractivity contribution < 1.29 is 0 Å². The summed E-state index contributed by atoms with van der Waals surface area (Å²) in [6.07, 6.45) is 1.86. The topological polar surface area (TPSA) is 83.6 Å². The highest BCUT2D eigenvalue weighted by Crippen LogP contribution is 2.32. The molecule has 0 spiro atoms. The quantitative estimate of drug-likeness (QED) is 0.473. The third kappa shape index (κ3) is 3.42. The fourth-order valence-electron chi connectivity index (χ4n) is 3.36. The summed E-state index contributed by atoms with van der Waals surface area (Å²) in [6.45, 7) is 2.32. The van der Waals surface area contributed by atoms with E-state index in [0.717, 1.165) is 11.3 Å². The second-order valence-electron chi connectivity index (χ2n) is 6.52. The molecule has 0 bridgehead atoms. The molecule has 0 aliphatic heterocycles. The number of hydrogen-bond acceptors (Lipinski definition) is 6. The van der Waals surface area contributed by atoms with E-state index in [2.05, 4.69) is 16.4 Å². The van der Waals surface area contributed by atoms with Crippen LogP contribution in [0.2, 0.25) is 0 Å². The fraction of sp³-hybridized carbons (Fsp3) is 0.130. The van der Waals surface area contributed by atoms with Crippen molar-refractivity contribution in [2.24, 2.45) is 0 Å². The molecule has 2 aromatic carbocycles. The predicted molar refractivity (Wildman–Crippen MR) is 121 cm³/mol. The van der Waals surface area contributed by atoms with Gasteiger partial charge in [0.2, 0.25) is 5.95 Å². The molecule has 0 saturated carbocycles. The number of thioether (sulfide) groups is 1. The first-order valence-corrected chi connectivity index (χ1v) is 10.7. The Kier molecular flexibility index (Phi) is 5.50. The standard InChI is InChI=1S/C23H19N5OS/c1-3-28-22(29)18-19(15-10-6-4-7-11-15)26-21(30-2)17(14-24)20(18)27-23(28)25-16-12-8-5-9-13-16/h4-13H,3H2,1-2H3,(H,25,27). The molecule has 7 heteroatoms.